The second-order valence-corrected chi connectivity index (χ2v) is 4.35. The first kappa shape index (κ1) is 13.9. The highest BCUT2D eigenvalue weighted by Crippen LogP contribution is 2.20. The van der Waals surface area contributed by atoms with E-state index >= 15 is 0 Å². The van der Waals surface area contributed by atoms with Gasteiger partial charge in [0.15, 0.2) is 11.6 Å². The van der Waals surface area contributed by atoms with E-state index in [1.165, 1.54) is 7.11 Å². The number of aliphatic hydroxyl groups excluding tert-OH is 1. The predicted octanol–water partition coefficient (Wildman–Crippen LogP) is 1.94. The number of ether oxygens (including phenoxy) is 1. The average molecular weight is 241 g/mol. The molecule has 2 N–H and O–H groups in total. The van der Waals surface area contributed by atoms with Gasteiger partial charge in [0.2, 0.25) is 0 Å². The minimum Gasteiger partial charge on any atom is -0.494 e. The lowest BCUT2D eigenvalue weighted by Crippen LogP contribution is -2.36. The van der Waals surface area contributed by atoms with Crippen LogP contribution in [-0.2, 0) is 6.54 Å². The quantitative estimate of drug-likeness (QED) is 0.799. The van der Waals surface area contributed by atoms with E-state index in [0.717, 1.165) is 0 Å². The lowest BCUT2D eigenvalue weighted by atomic mass is 10.0. The molecule has 0 aliphatic carbocycles. The fourth-order valence-electron chi connectivity index (χ4n) is 1.60. The maximum absolute atomic E-state index is 13.8. The number of rotatable bonds is 6. The van der Waals surface area contributed by atoms with Gasteiger partial charge in [0.05, 0.1) is 13.7 Å². The summed E-state index contributed by atoms with van der Waals surface area (Å²) in [5.74, 6) is 0.200. The lowest BCUT2D eigenvalue weighted by Gasteiger charge is -2.20. The molecule has 1 aromatic carbocycles. The minimum atomic E-state index is -0.344. The number of nitrogens with one attached hydrogen (secondary N) is 1. The van der Waals surface area contributed by atoms with Crippen LogP contribution in [0.25, 0.3) is 0 Å². The van der Waals surface area contributed by atoms with Crippen LogP contribution in [0.4, 0.5) is 4.39 Å². The normalized spacial score (nSPS) is 12.8. The summed E-state index contributed by atoms with van der Waals surface area (Å²) >= 11 is 0. The number of benzene rings is 1. The fourth-order valence-corrected chi connectivity index (χ4v) is 1.60. The number of hydrogen-bond acceptors (Lipinski definition) is 3. The van der Waals surface area contributed by atoms with Crippen molar-refractivity contribution in [1.29, 1.82) is 0 Å². The molecular weight excluding hydrogens is 221 g/mol. The molecule has 3 nitrogen and oxygen atoms in total. The molecule has 0 radical (unpaired) electrons. The highest BCUT2D eigenvalue weighted by Gasteiger charge is 2.13. The van der Waals surface area contributed by atoms with Gasteiger partial charge in [-0.2, -0.15) is 0 Å². The van der Waals surface area contributed by atoms with Crippen LogP contribution < -0.4 is 10.1 Å². The van der Waals surface area contributed by atoms with Crippen molar-refractivity contribution in [3.8, 4) is 5.75 Å². The monoisotopic (exact) mass is 241 g/mol. The summed E-state index contributed by atoms with van der Waals surface area (Å²) < 4.78 is 18.7. The van der Waals surface area contributed by atoms with Crippen LogP contribution in [0.3, 0.4) is 0 Å². The highest BCUT2D eigenvalue weighted by atomic mass is 19.1. The molecule has 0 fully saturated rings. The molecule has 17 heavy (non-hydrogen) atoms. The molecule has 4 heteroatoms. The second-order valence-electron chi connectivity index (χ2n) is 4.35. The molecule has 0 aliphatic heterocycles. The molecule has 0 aliphatic rings. The third-order valence-corrected chi connectivity index (χ3v) is 2.82. The zero-order valence-corrected chi connectivity index (χ0v) is 10.5. The van der Waals surface area contributed by atoms with Gasteiger partial charge in [-0.05, 0) is 12.0 Å². The number of halogens is 1. The Labute approximate surface area is 102 Å². The Morgan fingerprint density at radius 2 is 2.12 bits per heavy atom. The zero-order chi connectivity index (χ0) is 12.8. The number of hydrogen-bond donors (Lipinski definition) is 2. The van der Waals surface area contributed by atoms with Crippen molar-refractivity contribution in [2.24, 2.45) is 5.92 Å². The molecule has 1 atom stereocenters. The molecule has 0 heterocycles. The van der Waals surface area contributed by atoms with Gasteiger partial charge in [-0.1, -0.05) is 26.0 Å². The Balaban J connectivity index is 2.69. The van der Waals surface area contributed by atoms with E-state index in [2.05, 4.69) is 5.32 Å². The van der Waals surface area contributed by atoms with Crippen molar-refractivity contribution < 1.29 is 14.2 Å². The number of methoxy groups -OCH3 is 1. The van der Waals surface area contributed by atoms with Crippen LogP contribution in [0.1, 0.15) is 19.4 Å². The Morgan fingerprint density at radius 3 is 2.65 bits per heavy atom. The van der Waals surface area contributed by atoms with Crippen molar-refractivity contribution in [3.05, 3.63) is 29.6 Å². The van der Waals surface area contributed by atoms with Crippen LogP contribution in [0.5, 0.6) is 5.75 Å². The Morgan fingerprint density at radius 1 is 1.41 bits per heavy atom. The summed E-state index contributed by atoms with van der Waals surface area (Å²) in [7, 11) is 1.44. The smallest absolute Gasteiger partial charge is 0.169 e. The van der Waals surface area contributed by atoms with E-state index in [4.69, 9.17) is 9.84 Å². The summed E-state index contributed by atoms with van der Waals surface area (Å²) in [5.41, 5.74) is 0.545. The SMILES string of the molecule is COc1cccc(CNC(CO)C(C)C)c1F. The van der Waals surface area contributed by atoms with Crippen LogP contribution in [0.15, 0.2) is 18.2 Å². The third-order valence-electron chi connectivity index (χ3n) is 2.82. The molecule has 0 bridgehead atoms. The molecule has 1 aromatic rings. The van der Waals surface area contributed by atoms with E-state index in [1.54, 1.807) is 18.2 Å². The molecule has 0 amide bonds. The number of aliphatic hydroxyl groups is 1. The summed E-state index contributed by atoms with van der Waals surface area (Å²) in [4.78, 5) is 0. The van der Waals surface area contributed by atoms with Crippen molar-refractivity contribution in [2.75, 3.05) is 13.7 Å². The first-order valence-electron chi connectivity index (χ1n) is 5.75. The van der Waals surface area contributed by atoms with Gasteiger partial charge in [-0.15, -0.1) is 0 Å². The summed E-state index contributed by atoms with van der Waals surface area (Å²) in [6.45, 7) is 4.45. The van der Waals surface area contributed by atoms with Gasteiger partial charge in [0.25, 0.3) is 0 Å². The largest absolute Gasteiger partial charge is 0.494 e. The Bertz CT molecular complexity index is 355. The summed E-state index contributed by atoms with van der Waals surface area (Å²) in [6.07, 6.45) is 0. The predicted molar refractivity (Wildman–Crippen MR) is 65.5 cm³/mol. The Kier molecular flexibility index (Phi) is 5.38. The van der Waals surface area contributed by atoms with Crippen molar-refractivity contribution >= 4 is 0 Å². The summed E-state index contributed by atoms with van der Waals surface area (Å²) in [6, 6.07) is 5.02. The molecule has 0 saturated heterocycles. The van der Waals surface area contributed by atoms with Crippen LogP contribution in [0, 0.1) is 11.7 Å². The second kappa shape index (κ2) is 6.57. The average Bonchev–Trinajstić information content (AvgIpc) is 2.31. The fraction of sp³-hybridized carbons (Fsp3) is 0.538. The zero-order valence-electron chi connectivity index (χ0n) is 10.5. The van der Waals surface area contributed by atoms with Gasteiger partial charge < -0.3 is 15.2 Å². The maximum atomic E-state index is 13.8. The van der Waals surface area contributed by atoms with E-state index in [0.29, 0.717) is 18.0 Å². The molecular formula is C13H20FNO2. The molecule has 1 rings (SSSR count). The van der Waals surface area contributed by atoms with Crippen molar-refractivity contribution in [2.45, 2.75) is 26.4 Å². The Hall–Kier alpha value is -1.13. The molecule has 0 aromatic heterocycles. The van der Waals surface area contributed by atoms with E-state index in [-0.39, 0.29) is 24.2 Å². The van der Waals surface area contributed by atoms with E-state index < -0.39 is 0 Å². The van der Waals surface area contributed by atoms with E-state index in [1.807, 2.05) is 13.8 Å². The molecule has 0 spiro atoms. The van der Waals surface area contributed by atoms with Crippen molar-refractivity contribution in [1.82, 2.24) is 5.32 Å². The summed E-state index contributed by atoms with van der Waals surface area (Å²) in [5, 5.41) is 12.3. The van der Waals surface area contributed by atoms with E-state index in [9.17, 15) is 4.39 Å². The molecule has 1 unspecified atom stereocenters. The third kappa shape index (κ3) is 3.68. The topological polar surface area (TPSA) is 41.5 Å². The highest BCUT2D eigenvalue weighted by molar-refractivity contribution is 5.30. The van der Waals surface area contributed by atoms with Gasteiger partial charge in [-0.25, -0.2) is 4.39 Å². The minimum absolute atomic E-state index is 0.0272. The van der Waals surface area contributed by atoms with Gasteiger partial charge in [0, 0.05) is 18.2 Å². The standard InChI is InChI=1S/C13H20FNO2/c1-9(2)11(8-16)15-7-10-5-4-6-12(17-3)13(10)14/h4-6,9,11,15-16H,7-8H2,1-3H3. The van der Waals surface area contributed by atoms with Gasteiger partial charge in [-0.3, -0.25) is 0 Å². The lowest BCUT2D eigenvalue weighted by molar-refractivity contribution is 0.209. The van der Waals surface area contributed by atoms with Crippen LogP contribution in [0.2, 0.25) is 0 Å². The molecule has 0 saturated carbocycles. The molecule has 96 valence electrons. The van der Waals surface area contributed by atoms with Crippen LogP contribution in [-0.4, -0.2) is 24.9 Å². The first-order valence-corrected chi connectivity index (χ1v) is 5.75. The van der Waals surface area contributed by atoms with Gasteiger partial charge >= 0.3 is 0 Å². The van der Waals surface area contributed by atoms with Gasteiger partial charge in [0.1, 0.15) is 0 Å². The van der Waals surface area contributed by atoms with Crippen molar-refractivity contribution in [3.63, 3.8) is 0 Å². The first-order chi connectivity index (χ1) is 8.10. The maximum Gasteiger partial charge on any atom is 0.169 e. The van der Waals surface area contributed by atoms with Crippen LogP contribution >= 0.6 is 0 Å².